The van der Waals surface area contributed by atoms with Gasteiger partial charge in [0.15, 0.2) is 0 Å². The third kappa shape index (κ3) is 4.58. The normalized spacial score (nSPS) is 15.8. The minimum absolute atomic E-state index is 0.0540. The Bertz CT molecular complexity index is 1160. The van der Waals surface area contributed by atoms with Gasteiger partial charge in [-0.15, -0.1) is 11.3 Å². The van der Waals surface area contributed by atoms with E-state index in [1.165, 1.54) is 40.0 Å². The van der Waals surface area contributed by atoms with Gasteiger partial charge in [-0.2, -0.15) is 4.31 Å². The molecule has 0 radical (unpaired) electrons. The average Bonchev–Trinajstić information content (AvgIpc) is 3.29. The van der Waals surface area contributed by atoms with Crippen LogP contribution in [0.25, 0.3) is 0 Å². The summed E-state index contributed by atoms with van der Waals surface area (Å²) in [5.41, 5.74) is 6.90. The number of halogens is 2. The van der Waals surface area contributed by atoms with Crippen LogP contribution in [-0.4, -0.2) is 49.7 Å². The maximum absolute atomic E-state index is 13.5. The molecule has 1 aliphatic rings. The zero-order valence-electron chi connectivity index (χ0n) is 16.9. The SMILES string of the molecule is NC(=O)c1cc(S(=O)(=O)N2CCN(C(c3ccc(F)cc3)c3ccc(F)cc3)CC2)cs1. The number of rotatable bonds is 6. The molecule has 0 bridgehead atoms. The van der Waals surface area contributed by atoms with Gasteiger partial charge in [0.25, 0.3) is 5.91 Å². The van der Waals surface area contributed by atoms with E-state index < -0.39 is 15.9 Å². The standard InChI is InChI=1S/C22H21F2N3O3S2/c23-17-5-1-15(2-6-17)21(16-3-7-18(24)8-4-16)26-9-11-27(12-10-26)32(29,30)19-13-20(22(25)28)31-14-19/h1-8,13-14,21H,9-12H2,(H2,25,28). The zero-order valence-corrected chi connectivity index (χ0v) is 18.6. The molecule has 2 N–H and O–H groups in total. The van der Waals surface area contributed by atoms with Crippen molar-refractivity contribution in [3.05, 3.63) is 87.6 Å². The third-order valence-corrected chi connectivity index (χ3v) is 8.44. The van der Waals surface area contributed by atoms with Gasteiger partial charge >= 0.3 is 0 Å². The van der Waals surface area contributed by atoms with Crippen LogP contribution in [0, 0.1) is 11.6 Å². The van der Waals surface area contributed by atoms with Crippen LogP contribution >= 0.6 is 11.3 Å². The summed E-state index contributed by atoms with van der Waals surface area (Å²) in [5, 5.41) is 1.42. The fourth-order valence-electron chi connectivity index (χ4n) is 3.84. The fraction of sp³-hybridized carbons (Fsp3) is 0.227. The molecule has 0 aliphatic carbocycles. The van der Waals surface area contributed by atoms with Crippen molar-refractivity contribution < 1.29 is 22.0 Å². The van der Waals surface area contributed by atoms with Crippen LogP contribution in [0.2, 0.25) is 0 Å². The highest BCUT2D eigenvalue weighted by molar-refractivity contribution is 7.89. The highest BCUT2D eigenvalue weighted by atomic mass is 32.2. The summed E-state index contributed by atoms with van der Waals surface area (Å²) in [4.78, 5) is 13.7. The first kappa shape index (κ1) is 22.5. The van der Waals surface area contributed by atoms with Crippen molar-refractivity contribution in [2.24, 2.45) is 5.73 Å². The first-order valence-corrected chi connectivity index (χ1v) is 12.2. The number of carbonyl (C=O) groups is 1. The summed E-state index contributed by atoms with van der Waals surface area (Å²) in [7, 11) is -3.75. The molecule has 1 aromatic heterocycles. The number of nitrogens with two attached hydrogens (primary N) is 1. The van der Waals surface area contributed by atoms with Crippen molar-refractivity contribution in [3.8, 4) is 0 Å². The molecule has 10 heteroatoms. The maximum atomic E-state index is 13.5. The van der Waals surface area contributed by atoms with Crippen molar-refractivity contribution in [1.82, 2.24) is 9.21 Å². The maximum Gasteiger partial charge on any atom is 0.258 e. The summed E-state index contributed by atoms with van der Waals surface area (Å²) in [5.74, 6) is -1.37. The topological polar surface area (TPSA) is 83.7 Å². The molecule has 32 heavy (non-hydrogen) atoms. The second kappa shape index (κ2) is 9.07. The molecule has 3 aromatic rings. The van der Waals surface area contributed by atoms with E-state index in [0.717, 1.165) is 22.5 Å². The second-order valence-corrected chi connectivity index (χ2v) is 10.3. The minimum Gasteiger partial charge on any atom is -0.365 e. The third-order valence-electron chi connectivity index (χ3n) is 5.47. The molecule has 1 aliphatic heterocycles. The minimum atomic E-state index is -3.75. The van der Waals surface area contributed by atoms with Crippen LogP contribution < -0.4 is 5.73 Å². The molecule has 1 saturated heterocycles. The molecule has 0 saturated carbocycles. The zero-order chi connectivity index (χ0) is 22.9. The number of hydrogen-bond acceptors (Lipinski definition) is 5. The Morgan fingerprint density at radius 3 is 1.84 bits per heavy atom. The number of sulfonamides is 1. The van der Waals surface area contributed by atoms with E-state index in [2.05, 4.69) is 4.90 Å². The van der Waals surface area contributed by atoms with Gasteiger partial charge in [0.1, 0.15) is 11.6 Å². The van der Waals surface area contributed by atoms with Crippen molar-refractivity contribution in [1.29, 1.82) is 0 Å². The molecular weight excluding hydrogens is 456 g/mol. The Hall–Kier alpha value is -2.66. The van der Waals surface area contributed by atoms with Crippen molar-refractivity contribution in [2.45, 2.75) is 10.9 Å². The largest absolute Gasteiger partial charge is 0.365 e. The number of nitrogens with zero attached hydrogens (tertiary/aromatic N) is 2. The fourth-order valence-corrected chi connectivity index (χ4v) is 6.38. The Morgan fingerprint density at radius 1 is 0.906 bits per heavy atom. The van der Waals surface area contributed by atoms with E-state index in [-0.39, 0.29) is 40.5 Å². The lowest BCUT2D eigenvalue weighted by Gasteiger charge is -2.39. The summed E-state index contributed by atoms with van der Waals surface area (Å²) in [6, 6.07) is 13.3. The number of thiophene rings is 1. The molecular formula is C22H21F2N3O3S2. The second-order valence-electron chi connectivity index (χ2n) is 7.46. The predicted octanol–water partition coefficient (Wildman–Crippen LogP) is 3.22. The van der Waals surface area contributed by atoms with Gasteiger partial charge in [-0.3, -0.25) is 9.69 Å². The Balaban J connectivity index is 1.56. The highest BCUT2D eigenvalue weighted by Gasteiger charge is 2.33. The molecule has 1 amide bonds. The molecule has 1 fully saturated rings. The van der Waals surface area contributed by atoms with Crippen LogP contribution in [0.5, 0.6) is 0 Å². The lowest BCUT2D eigenvalue weighted by atomic mass is 9.96. The van der Waals surface area contributed by atoms with Gasteiger partial charge in [0, 0.05) is 31.6 Å². The molecule has 0 spiro atoms. The monoisotopic (exact) mass is 477 g/mol. The Morgan fingerprint density at radius 2 is 1.41 bits per heavy atom. The van der Waals surface area contributed by atoms with Crippen LogP contribution in [0.1, 0.15) is 26.8 Å². The van der Waals surface area contributed by atoms with E-state index in [1.807, 2.05) is 0 Å². The van der Waals surface area contributed by atoms with Gasteiger partial charge in [-0.1, -0.05) is 24.3 Å². The van der Waals surface area contributed by atoms with E-state index >= 15 is 0 Å². The molecule has 168 valence electrons. The van der Waals surface area contributed by atoms with E-state index in [1.54, 1.807) is 24.3 Å². The van der Waals surface area contributed by atoms with Crippen molar-refractivity contribution in [2.75, 3.05) is 26.2 Å². The van der Waals surface area contributed by atoms with E-state index in [4.69, 9.17) is 5.73 Å². The number of carbonyl (C=O) groups excluding carboxylic acids is 1. The highest BCUT2D eigenvalue weighted by Crippen LogP contribution is 2.31. The molecule has 2 heterocycles. The van der Waals surface area contributed by atoms with Crippen LogP contribution in [-0.2, 0) is 10.0 Å². The van der Waals surface area contributed by atoms with Gasteiger partial charge in [0.05, 0.1) is 15.8 Å². The van der Waals surface area contributed by atoms with Crippen molar-refractivity contribution in [3.63, 3.8) is 0 Å². The lowest BCUT2D eigenvalue weighted by molar-refractivity contribution is 0.100. The summed E-state index contributed by atoms with van der Waals surface area (Å²) >= 11 is 0.999. The quantitative estimate of drug-likeness (QED) is 0.591. The van der Waals surface area contributed by atoms with Gasteiger partial charge in [0.2, 0.25) is 10.0 Å². The molecule has 6 nitrogen and oxygen atoms in total. The van der Waals surface area contributed by atoms with Crippen LogP contribution in [0.3, 0.4) is 0 Å². The van der Waals surface area contributed by atoms with Crippen LogP contribution in [0.4, 0.5) is 8.78 Å². The number of primary amides is 1. The van der Waals surface area contributed by atoms with Gasteiger partial charge in [-0.05, 0) is 41.5 Å². The summed E-state index contributed by atoms with van der Waals surface area (Å²) in [6.07, 6.45) is 0. The van der Waals surface area contributed by atoms with Crippen LogP contribution in [0.15, 0.2) is 64.9 Å². The first-order valence-electron chi connectivity index (χ1n) is 9.89. The Kier molecular flexibility index (Phi) is 6.38. The Labute approximate surface area is 188 Å². The number of benzene rings is 2. The van der Waals surface area contributed by atoms with Gasteiger partial charge < -0.3 is 5.73 Å². The number of piperazine rings is 1. The number of amides is 1. The summed E-state index contributed by atoms with van der Waals surface area (Å²) in [6.45, 7) is 1.32. The molecule has 0 atom stereocenters. The van der Waals surface area contributed by atoms with Gasteiger partial charge in [-0.25, -0.2) is 17.2 Å². The predicted molar refractivity (Wildman–Crippen MR) is 118 cm³/mol. The van der Waals surface area contributed by atoms with Crippen molar-refractivity contribution >= 4 is 27.3 Å². The molecule has 2 aromatic carbocycles. The average molecular weight is 478 g/mol. The van der Waals surface area contributed by atoms with E-state index in [9.17, 15) is 22.0 Å². The first-order chi connectivity index (χ1) is 15.3. The number of hydrogen-bond donors (Lipinski definition) is 1. The van der Waals surface area contributed by atoms with E-state index in [0.29, 0.717) is 13.1 Å². The summed E-state index contributed by atoms with van der Waals surface area (Å²) < 4.78 is 54.3. The molecule has 4 rings (SSSR count). The smallest absolute Gasteiger partial charge is 0.258 e. The molecule has 0 unspecified atom stereocenters. The lowest BCUT2D eigenvalue weighted by Crippen LogP contribution is -2.49.